The van der Waals surface area contributed by atoms with Gasteiger partial charge in [0.05, 0.1) is 5.39 Å². The van der Waals surface area contributed by atoms with Crippen molar-refractivity contribution in [2.24, 2.45) is 0 Å². The van der Waals surface area contributed by atoms with Gasteiger partial charge in [0.25, 0.3) is 0 Å². The van der Waals surface area contributed by atoms with Gasteiger partial charge in [-0.15, -0.1) is 0 Å². The lowest BCUT2D eigenvalue weighted by molar-refractivity contribution is 0.0697. The third-order valence-electron chi connectivity index (χ3n) is 1.64. The molecule has 0 saturated carbocycles. The molecule has 1 N–H and O–H groups in total. The summed E-state index contributed by atoms with van der Waals surface area (Å²) in [6.07, 6.45) is 1.13. The first kappa shape index (κ1) is 9.42. The van der Waals surface area contributed by atoms with Crippen molar-refractivity contribution >= 4 is 44.5 Å². The minimum atomic E-state index is -1.14. The van der Waals surface area contributed by atoms with E-state index in [9.17, 15) is 4.79 Å². The van der Waals surface area contributed by atoms with Gasteiger partial charge in [-0.05, 0) is 15.9 Å². The number of halogens is 2. The lowest BCUT2D eigenvalue weighted by atomic mass is 10.2. The zero-order valence-electron chi connectivity index (χ0n) is 6.49. The zero-order valence-corrected chi connectivity index (χ0v) is 8.83. The van der Waals surface area contributed by atoms with E-state index in [4.69, 9.17) is 21.2 Å². The van der Waals surface area contributed by atoms with Gasteiger partial charge in [-0.25, -0.2) is 9.78 Å². The van der Waals surface area contributed by atoms with Crippen molar-refractivity contribution in [2.45, 2.75) is 0 Å². The second-order valence-corrected chi connectivity index (χ2v) is 3.55. The fraction of sp³-hybridized carbons (Fsp3) is 0. The van der Waals surface area contributed by atoms with E-state index >= 15 is 0 Å². The summed E-state index contributed by atoms with van der Waals surface area (Å²) in [5.74, 6) is -1.14. The summed E-state index contributed by atoms with van der Waals surface area (Å²) in [5, 5.41) is 12.9. The molecule has 0 atom stereocenters. The van der Waals surface area contributed by atoms with Gasteiger partial charge in [0, 0.05) is 6.20 Å². The lowest BCUT2D eigenvalue weighted by Gasteiger charge is -1.95. The van der Waals surface area contributed by atoms with E-state index in [1.54, 1.807) is 0 Å². The number of nitrogens with zero attached hydrogens (tertiary/aromatic N) is 2. The van der Waals surface area contributed by atoms with Crippen LogP contribution in [0, 0.1) is 0 Å². The second kappa shape index (κ2) is 3.21. The summed E-state index contributed by atoms with van der Waals surface area (Å²) in [4.78, 5) is 14.5. The quantitative estimate of drug-likeness (QED) is 0.810. The summed E-state index contributed by atoms with van der Waals surface area (Å²) >= 11 is 8.83. The maximum atomic E-state index is 10.7. The predicted octanol–water partition coefficient (Wildman–Crippen LogP) is 2.34. The number of aromatic carboxylic acids is 1. The van der Waals surface area contributed by atoms with E-state index in [1.165, 1.54) is 0 Å². The van der Waals surface area contributed by atoms with Crippen LogP contribution in [-0.4, -0.2) is 21.2 Å². The van der Waals surface area contributed by atoms with Crippen LogP contribution in [-0.2, 0) is 0 Å². The van der Waals surface area contributed by atoms with Crippen molar-refractivity contribution in [3.8, 4) is 0 Å². The maximum Gasteiger partial charge on any atom is 0.341 e. The molecule has 2 heterocycles. The lowest BCUT2D eigenvalue weighted by Crippen LogP contribution is -1.97. The molecule has 0 amide bonds. The van der Waals surface area contributed by atoms with Crippen LogP contribution in [0.25, 0.3) is 11.0 Å². The number of carboxylic acid groups (broad SMARTS) is 1. The number of carbonyl (C=O) groups is 1. The van der Waals surface area contributed by atoms with Crippen LogP contribution in [0.4, 0.5) is 0 Å². The SMILES string of the molecule is O=C(O)c1cnc(Cl)c2c(Br)noc12. The van der Waals surface area contributed by atoms with E-state index in [0.717, 1.165) is 6.20 Å². The third-order valence-corrected chi connectivity index (χ3v) is 2.47. The molecule has 2 aromatic rings. The average Bonchev–Trinajstić information content (AvgIpc) is 2.49. The molecule has 0 unspecified atom stereocenters. The highest BCUT2D eigenvalue weighted by molar-refractivity contribution is 9.10. The first-order chi connectivity index (χ1) is 6.61. The molecule has 0 saturated heterocycles. The Morgan fingerprint density at radius 2 is 2.36 bits per heavy atom. The molecule has 2 aromatic heterocycles. The standard InChI is InChI=1S/C7H2BrClN2O3/c8-5-3-4(14-11-5)2(7(12)13)1-10-6(3)9/h1H,(H,12,13). The molecule has 14 heavy (non-hydrogen) atoms. The Hall–Kier alpha value is -1.14. The van der Waals surface area contributed by atoms with Gasteiger partial charge in [-0.2, -0.15) is 0 Å². The Morgan fingerprint density at radius 3 is 3.00 bits per heavy atom. The molecule has 72 valence electrons. The van der Waals surface area contributed by atoms with Gasteiger partial charge in [0.1, 0.15) is 10.7 Å². The van der Waals surface area contributed by atoms with Crippen LogP contribution in [0.15, 0.2) is 15.3 Å². The van der Waals surface area contributed by atoms with E-state index < -0.39 is 5.97 Å². The summed E-state index contributed by atoms with van der Waals surface area (Å²) in [6.45, 7) is 0. The smallest absolute Gasteiger partial charge is 0.341 e. The first-order valence-electron chi connectivity index (χ1n) is 3.44. The summed E-state index contributed by atoms with van der Waals surface area (Å²) in [5.41, 5.74) is 0.0481. The van der Waals surface area contributed by atoms with Crippen molar-refractivity contribution < 1.29 is 14.4 Å². The topological polar surface area (TPSA) is 76.2 Å². The van der Waals surface area contributed by atoms with Crippen LogP contribution < -0.4 is 0 Å². The summed E-state index contributed by atoms with van der Waals surface area (Å²) in [6, 6.07) is 0. The molecule has 0 bridgehead atoms. The van der Waals surface area contributed by atoms with Crippen LogP contribution in [0.3, 0.4) is 0 Å². The van der Waals surface area contributed by atoms with E-state index in [0.29, 0.717) is 9.99 Å². The van der Waals surface area contributed by atoms with Crippen molar-refractivity contribution in [3.05, 3.63) is 21.5 Å². The van der Waals surface area contributed by atoms with Crippen LogP contribution in [0.2, 0.25) is 5.15 Å². The molecular weight excluding hydrogens is 275 g/mol. The number of fused-ring (bicyclic) bond motifs is 1. The molecule has 0 aliphatic rings. The number of rotatable bonds is 1. The minimum absolute atomic E-state index is 0.0670. The largest absolute Gasteiger partial charge is 0.477 e. The first-order valence-corrected chi connectivity index (χ1v) is 4.61. The summed E-state index contributed by atoms with van der Waals surface area (Å²) in [7, 11) is 0. The molecule has 7 heteroatoms. The monoisotopic (exact) mass is 276 g/mol. The van der Waals surface area contributed by atoms with E-state index in [-0.39, 0.29) is 16.3 Å². The van der Waals surface area contributed by atoms with Gasteiger partial charge in [0.15, 0.2) is 10.2 Å². The Kier molecular flexibility index (Phi) is 2.16. The highest BCUT2D eigenvalue weighted by Gasteiger charge is 2.18. The predicted molar refractivity (Wildman–Crippen MR) is 51.5 cm³/mol. The highest BCUT2D eigenvalue weighted by atomic mass is 79.9. The Labute approximate surface area is 90.8 Å². The second-order valence-electron chi connectivity index (χ2n) is 2.45. The maximum absolute atomic E-state index is 10.7. The van der Waals surface area contributed by atoms with Gasteiger partial charge in [0.2, 0.25) is 0 Å². The molecule has 0 spiro atoms. The molecule has 0 radical (unpaired) electrons. The number of aromatic nitrogens is 2. The highest BCUT2D eigenvalue weighted by Crippen LogP contribution is 2.30. The van der Waals surface area contributed by atoms with Gasteiger partial charge >= 0.3 is 5.97 Å². The zero-order chi connectivity index (χ0) is 10.3. The van der Waals surface area contributed by atoms with Crippen LogP contribution >= 0.6 is 27.5 Å². The number of hydrogen-bond acceptors (Lipinski definition) is 4. The van der Waals surface area contributed by atoms with Gasteiger partial charge < -0.3 is 9.63 Å². The normalized spacial score (nSPS) is 10.7. The van der Waals surface area contributed by atoms with Crippen LogP contribution in [0.5, 0.6) is 0 Å². The molecule has 0 aliphatic carbocycles. The molecule has 5 nitrogen and oxygen atoms in total. The van der Waals surface area contributed by atoms with Crippen molar-refractivity contribution in [1.82, 2.24) is 10.1 Å². The Balaban J connectivity index is 2.90. The molecular formula is C7H2BrClN2O3. The van der Waals surface area contributed by atoms with Gasteiger partial charge in [-0.3, -0.25) is 0 Å². The fourth-order valence-electron chi connectivity index (χ4n) is 1.03. The third kappa shape index (κ3) is 1.27. The Bertz CT molecular complexity index is 525. The van der Waals surface area contributed by atoms with E-state index in [2.05, 4.69) is 26.1 Å². The van der Waals surface area contributed by atoms with Crippen molar-refractivity contribution in [1.29, 1.82) is 0 Å². The van der Waals surface area contributed by atoms with Crippen molar-refractivity contribution in [3.63, 3.8) is 0 Å². The Morgan fingerprint density at radius 1 is 1.64 bits per heavy atom. The number of pyridine rings is 1. The minimum Gasteiger partial charge on any atom is -0.477 e. The van der Waals surface area contributed by atoms with Crippen molar-refractivity contribution in [2.75, 3.05) is 0 Å². The molecule has 0 aliphatic heterocycles. The van der Waals surface area contributed by atoms with Crippen LogP contribution in [0.1, 0.15) is 10.4 Å². The molecule has 2 rings (SSSR count). The number of carboxylic acids is 1. The average molecular weight is 277 g/mol. The number of hydrogen-bond donors (Lipinski definition) is 1. The summed E-state index contributed by atoms with van der Waals surface area (Å²) < 4.78 is 5.16. The van der Waals surface area contributed by atoms with Gasteiger partial charge in [-0.1, -0.05) is 16.8 Å². The van der Waals surface area contributed by atoms with E-state index in [1.807, 2.05) is 0 Å². The molecule has 0 fully saturated rings. The fourth-order valence-corrected chi connectivity index (χ4v) is 1.81. The molecule has 0 aromatic carbocycles.